The molecular formula is C21H16Cl2F3N3O3. The Labute approximate surface area is 190 Å². The van der Waals surface area contributed by atoms with Crippen molar-refractivity contribution in [1.82, 2.24) is 10.2 Å². The Morgan fingerprint density at radius 3 is 2.47 bits per heavy atom. The summed E-state index contributed by atoms with van der Waals surface area (Å²) in [7, 11) is 0. The van der Waals surface area contributed by atoms with Crippen molar-refractivity contribution in [2.24, 2.45) is 5.16 Å². The van der Waals surface area contributed by atoms with Crippen LogP contribution in [-0.4, -0.2) is 35.6 Å². The smallest absolute Gasteiger partial charge is 0.384 e. The van der Waals surface area contributed by atoms with Crippen LogP contribution in [0.4, 0.5) is 13.2 Å². The summed E-state index contributed by atoms with van der Waals surface area (Å²) in [5, 5.41) is 7.17. The molecule has 2 aliphatic heterocycles. The molecule has 1 N–H and O–H groups in total. The second kappa shape index (κ2) is 7.97. The standard InChI is InChI=1S/C21H16Cl2F3N3O3/c1-20(12-5-13(22)7-14(23)6-12)8-17(28-32-20)11-2-3-15(16(4-11)21(24,25)26)19(31)29-9-18(30)27-10-29/h2-7H,8-10H2,1H3,(H,27,30). The number of rotatable bonds is 3. The summed E-state index contributed by atoms with van der Waals surface area (Å²) in [5.41, 5.74) is -1.54. The molecule has 1 fully saturated rings. The number of oxime groups is 1. The zero-order chi connectivity index (χ0) is 23.3. The van der Waals surface area contributed by atoms with E-state index in [0.717, 1.165) is 17.0 Å². The van der Waals surface area contributed by atoms with Crippen LogP contribution in [0.3, 0.4) is 0 Å². The van der Waals surface area contributed by atoms with E-state index in [1.54, 1.807) is 25.1 Å². The molecule has 1 atom stereocenters. The lowest BCUT2D eigenvalue weighted by Crippen LogP contribution is -2.31. The highest BCUT2D eigenvalue weighted by molar-refractivity contribution is 6.34. The van der Waals surface area contributed by atoms with Gasteiger partial charge in [-0.3, -0.25) is 9.59 Å². The molecule has 0 aromatic heterocycles. The lowest BCUT2D eigenvalue weighted by Gasteiger charge is -2.22. The molecule has 0 radical (unpaired) electrons. The zero-order valence-electron chi connectivity index (χ0n) is 16.6. The fraction of sp³-hybridized carbons (Fsp3) is 0.286. The van der Waals surface area contributed by atoms with E-state index < -0.39 is 34.7 Å². The lowest BCUT2D eigenvalue weighted by molar-refractivity contribution is -0.138. The molecular weight excluding hydrogens is 470 g/mol. The first kappa shape index (κ1) is 22.4. The van der Waals surface area contributed by atoms with Gasteiger partial charge in [0.1, 0.15) is 6.54 Å². The molecule has 4 rings (SSSR count). The zero-order valence-corrected chi connectivity index (χ0v) is 18.1. The highest BCUT2D eigenvalue weighted by atomic mass is 35.5. The van der Waals surface area contributed by atoms with E-state index in [0.29, 0.717) is 15.6 Å². The van der Waals surface area contributed by atoms with Gasteiger partial charge in [-0.1, -0.05) is 34.4 Å². The minimum atomic E-state index is -4.79. The Morgan fingerprint density at radius 2 is 1.88 bits per heavy atom. The summed E-state index contributed by atoms with van der Waals surface area (Å²) in [5.74, 6) is -1.31. The number of halogens is 5. The van der Waals surface area contributed by atoms with Crippen molar-refractivity contribution >= 4 is 40.7 Å². The van der Waals surface area contributed by atoms with Crippen molar-refractivity contribution < 1.29 is 27.6 Å². The van der Waals surface area contributed by atoms with Crippen molar-refractivity contribution in [3.8, 4) is 0 Å². The molecule has 0 bridgehead atoms. The molecule has 32 heavy (non-hydrogen) atoms. The van der Waals surface area contributed by atoms with E-state index in [1.165, 1.54) is 6.07 Å². The van der Waals surface area contributed by atoms with Gasteiger partial charge in [0.2, 0.25) is 5.91 Å². The largest absolute Gasteiger partial charge is 0.417 e. The third kappa shape index (κ3) is 4.27. The summed E-state index contributed by atoms with van der Waals surface area (Å²) in [6, 6.07) is 8.21. The van der Waals surface area contributed by atoms with E-state index in [2.05, 4.69) is 10.5 Å². The van der Waals surface area contributed by atoms with Gasteiger partial charge in [-0.05, 0) is 37.3 Å². The van der Waals surface area contributed by atoms with Gasteiger partial charge in [0, 0.05) is 27.6 Å². The normalized spacial score (nSPS) is 20.8. The first-order valence-electron chi connectivity index (χ1n) is 9.45. The number of nitrogens with one attached hydrogen (secondary N) is 1. The van der Waals surface area contributed by atoms with Crippen molar-refractivity contribution in [1.29, 1.82) is 0 Å². The van der Waals surface area contributed by atoms with Gasteiger partial charge in [-0.15, -0.1) is 0 Å². The lowest BCUT2D eigenvalue weighted by atomic mass is 9.88. The maximum absolute atomic E-state index is 13.8. The number of carbonyl (C=O) groups is 2. The Hall–Kier alpha value is -2.78. The molecule has 11 heteroatoms. The number of hydrogen-bond acceptors (Lipinski definition) is 4. The van der Waals surface area contributed by atoms with Crippen LogP contribution in [0.2, 0.25) is 10.0 Å². The summed E-state index contributed by atoms with van der Waals surface area (Å²) < 4.78 is 41.4. The minimum absolute atomic E-state index is 0.141. The van der Waals surface area contributed by atoms with Crippen LogP contribution < -0.4 is 5.32 Å². The van der Waals surface area contributed by atoms with Crippen molar-refractivity contribution in [2.75, 3.05) is 13.2 Å². The molecule has 1 saturated heterocycles. The average Bonchev–Trinajstić information content (AvgIpc) is 3.32. The summed E-state index contributed by atoms with van der Waals surface area (Å²) in [4.78, 5) is 30.5. The summed E-state index contributed by atoms with van der Waals surface area (Å²) in [6.07, 6.45) is -4.62. The SMILES string of the molecule is CC1(c2cc(Cl)cc(Cl)c2)CC(c2ccc(C(=O)N3CNC(=O)C3)c(C(F)(F)F)c2)=NO1. The number of carbonyl (C=O) groups excluding carboxylic acids is 2. The van der Waals surface area contributed by atoms with Crippen LogP contribution in [0.5, 0.6) is 0 Å². The van der Waals surface area contributed by atoms with Crippen LogP contribution in [-0.2, 0) is 21.4 Å². The molecule has 0 spiro atoms. The fourth-order valence-electron chi connectivity index (χ4n) is 3.64. The van der Waals surface area contributed by atoms with E-state index in [4.69, 9.17) is 28.0 Å². The Morgan fingerprint density at radius 1 is 1.19 bits per heavy atom. The van der Waals surface area contributed by atoms with Gasteiger partial charge in [0.05, 0.1) is 23.5 Å². The third-order valence-electron chi connectivity index (χ3n) is 5.31. The van der Waals surface area contributed by atoms with Gasteiger partial charge in [-0.2, -0.15) is 13.2 Å². The quantitative estimate of drug-likeness (QED) is 0.691. The van der Waals surface area contributed by atoms with E-state index in [9.17, 15) is 22.8 Å². The number of benzene rings is 2. The highest BCUT2D eigenvalue weighted by Gasteiger charge is 2.40. The maximum Gasteiger partial charge on any atom is 0.417 e. The molecule has 2 aromatic carbocycles. The first-order chi connectivity index (χ1) is 15.0. The fourth-order valence-corrected chi connectivity index (χ4v) is 4.16. The molecule has 2 amide bonds. The topological polar surface area (TPSA) is 71.0 Å². The van der Waals surface area contributed by atoms with E-state index in [-0.39, 0.29) is 30.9 Å². The summed E-state index contributed by atoms with van der Waals surface area (Å²) >= 11 is 12.1. The molecule has 168 valence electrons. The van der Waals surface area contributed by atoms with E-state index >= 15 is 0 Å². The number of nitrogens with zero attached hydrogens (tertiary/aromatic N) is 2. The molecule has 6 nitrogen and oxygen atoms in total. The molecule has 1 unspecified atom stereocenters. The van der Waals surface area contributed by atoms with Crippen molar-refractivity contribution in [2.45, 2.75) is 25.1 Å². The van der Waals surface area contributed by atoms with Gasteiger partial charge in [0.15, 0.2) is 5.60 Å². The molecule has 2 aliphatic rings. The van der Waals surface area contributed by atoms with Crippen molar-refractivity contribution in [3.05, 3.63) is 68.7 Å². The second-order valence-electron chi connectivity index (χ2n) is 7.71. The van der Waals surface area contributed by atoms with Gasteiger partial charge in [-0.25, -0.2) is 0 Å². The van der Waals surface area contributed by atoms with Crippen LogP contribution in [0.25, 0.3) is 0 Å². The van der Waals surface area contributed by atoms with Crippen LogP contribution in [0.1, 0.15) is 40.4 Å². The van der Waals surface area contributed by atoms with Crippen LogP contribution in [0, 0.1) is 0 Å². The molecule has 0 saturated carbocycles. The minimum Gasteiger partial charge on any atom is -0.384 e. The number of hydrogen-bond donors (Lipinski definition) is 1. The molecule has 2 heterocycles. The van der Waals surface area contributed by atoms with Crippen molar-refractivity contribution in [3.63, 3.8) is 0 Å². The first-order valence-corrected chi connectivity index (χ1v) is 10.2. The van der Waals surface area contributed by atoms with Gasteiger partial charge >= 0.3 is 6.18 Å². The number of alkyl halides is 3. The highest BCUT2D eigenvalue weighted by Crippen LogP contribution is 2.40. The second-order valence-corrected chi connectivity index (χ2v) is 8.59. The monoisotopic (exact) mass is 485 g/mol. The average molecular weight is 486 g/mol. The molecule has 0 aliphatic carbocycles. The third-order valence-corrected chi connectivity index (χ3v) is 5.75. The van der Waals surface area contributed by atoms with E-state index in [1.807, 2.05) is 0 Å². The Bertz CT molecular complexity index is 1130. The van der Waals surface area contributed by atoms with Crippen LogP contribution in [0.15, 0.2) is 41.6 Å². The summed E-state index contributed by atoms with van der Waals surface area (Å²) in [6.45, 7) is 1.29. The Kier molecular flexibility index (Phi) is 5.58. The number of amides is 2. The predicted molar refractivity (Wildman–Crippen MR) is 112 cm³/mol. The predicted octanol–water partition coefficient (Wildman–Crippen LogP) is 4.58. The maximum atomic E-state index is 13.8. The van der Waals surface area contributed by atoms with Gasteiger partial charge in [0.25, 0.3) is 5.91 Å². The molecule has 2 aromatic rings. The van der Waals surface area contributed by atoms with Crippen LogP contribution >= 0.6 is 23.2 Å². The Balaban J connectivity index is 1.65. The van der Waals surface area contributed by atoms with Gasteiger partial charge < -0.3 is 15.1 Å².